The van der Waals surface area contributed by atoms with E-state index < -0.39 is 5.97 Å². The van der Waals surface area contributed by atoms with Gasteiger partial charge in [-0.05, 0) is 24.3 Å². The van der Waals surface area contributed by atoms with Crippen LogP contribution in [0.15, 0.2) is 36.4 Å². The number of carbonyl (C=O) groups is 1. The molecule has 0 spiro atoms. The number of benzene rings is 1. The number of anilines is 1. The van der Waals surface area contributed by atoms with E-state index in [-0.39, 0.29) is 6.61 Å². The Morgan fingerprint density at radius 1 is 1.24 bits per heavy atom. The summed E-state index contributed by atoms with van der Waals surface area (Å²) in [5.74, 6) is 0.467. The zero-order chi connectivity index (χ0) is 15.2. The third-order valence-electron chi connectivity index (χ3n) is 2.80. The maximum Gasteiger partial charge on any atom is 0.337 e. The highest BCUT2D eigenvalue weighted by Crippen LogP contribution is 2.24. The van der Waals surface area contributed by atoms with Gasteiger partial charge in [0.25, 0.3) is 0 Å². The monoisotopic (exact) mass is 288 g/mol. The molecule has 2 rings (SSSR count). The lowest BCUT2D eigenvalue weighted by Gasteiger charge is -2.10. The van der Waals surface area contributed by atoms with Gasteiger partial charge in [0.05, 0.1) is 31.2 Å². The second kappa shape index (κ2) is 6.60. The van der Waals surface area contributed by atoms with Crippen LogP contribution in [-0.4, -0.2) is 25.2 Å². The van der Waals surface area contributed by atoms with Gasteiger partial charge in [0.15, 0.2) is 0 Å². The predicted molar refractivity (Wildman–Crippen MR) is 77.3 cm³/mol. The van der Waals surface area contributed by atoms with E-state index in [0.717, 1.165) is 0 Å². The van der Waals surface area contributed by atoms with Gasteiger partial charge in [-0.25, -0.2) is 9.78 Å². The topological polar surface area (TPSA) is 83.7 Å². The molecule has 6 nitrogen and oxygen atoms in total. The number of hydrogen-bond acceptors (Lipinski definition) is 6. The third kappa shape index (κ3) is 3.62. The van der Waals surface area contributed by atoms with E-state index in [1.54, 1.807) is 31.4 Å². The van der Waals surface area contributed by atoms with Gasteiger partial charge in [-0.1, -0.05) is 6.07 Å². The SMILES string of the molecule is COC(=O)c1ccc(N)c(OCc2cccc(OC)n2)c1. The summed E-state index contributed by atoms with van der Waals surface area (Å²) >= 11 is 0. The number of pyridine rings is 1. The lowest BCUT2D eigenvalue weighted by molar-refractivity contribution is 0.0600. The van der Waals surface area contributed by atoms with E-state index in [2.05, 4.69) is 9.72 Å². The maximum atomic E-state index is 11.5. The zero-order valence-electron chi connectivity index (χ0n) is 11.8. The van der Waals surface area contributed by atoms with Gasteiger partial charge in [0.2, 0.25) is 5.88 Å². The highest BCUT2D eigenvalue weighted by atomic mass is 16.5. The molecule has 0 saturated carbocycles. The number of nitrogen functional groups attached to an aromatic ring is 1. The number of rotatable bonds is 5. The lowest BCUT2D eigenvalue weighted by atomic mass is 10.2. The van der Waals surface area contributed by atoms with Crippen LogP contribution in [0.5, 0.6) is 11.6 Å². The van der Waals surface area contributed by atoms with Crippen molar-refractivity contribution in [3.63, 3.8) is 0 Å². The molecule has 1 heterocycles. The molecule has 0 aliphatic rings. The maximum absolute atomic E-state index is 11.5. The van der Waals surface area contributed by atoms with Crippen molar-refractivity contribution in [1.29, 1.82) is 0 Å². The second-order valence-corrected chi connectivity index (χ2v) is 4.20. The number of carbonyl (C=O) groups excluding carboxylic acids is 1. The fraction of sp³-hybridized carbons (Fsp3) is 0.200. The first-order valence-electron chi connectivity index (χ1n) is 6.24. The van der Waals surface area contributed by atoms with Crippen molar-refractivity contribution in [3.05, 3.63) is 47.7 Å². The molecule has 1 aromatic heterocycles. The number of hydrogen-bond donors (Lipinski definition) is 1. The van der Waals surface area contributed by atoms with Crippen molar-refractivity contribution in [1.82, 2.24) is 4.98 Å². The first-order chi connectivity index (χ1) is 10.1. The number of aromatic nitrogens is 1. The first-order valence-corrected chi connectivity index (χ1v) is 6.24. The van der Waals surface area contributed by atoms with E-state index in [0.29, 0.717) is 28.6 Å². The highest BCUT2D eigenvalue weighted by molar-refractivity contribution is 5.90. The minimum absolute atomic E-state index is 0.214. The predicted octanol–water partition coefficient (Wildman–Crippen LogP) is 2.04. The van der Waals surface area contributed by atoms with Crippen LogP contribution < -0.4 is 15.2 Å². The Morgan fingerprint density at radius 2 is 2.05 bits per heavy atom. The molecule has 21 heavy (non-hydrogen) atoms. The summed E-state index contributed by atoms with van der Waals surface area (Å²) in [4.78, 5) is 15.7. The number of esters is 1. The average molecular weight is 288 g/mol. The Morgan fingerprint density at radius 3 is 2.76 bits per heavy atom. The first kappa shape index (κ1) is 14.6. The molecular weight excluding hydrogens is 272 g/mol. The fourth-order valence-corrected chi connectivity index (χ4v) is 1.71. The molecule has 2 aromatic rings. The smallest absolute Gasteiger partial charge is 0.337 e. The van der Waals surface area contributed by atoms with Gasteiger partial charge in [-0.15, -0.1) is 0 Å². The van der Waals surface area contributed by atoms with Gasteiger partial charge in [-0.2, -0.15) is 0 Å². The molecule has 0 fully saturated rings. The van der Waals surface area contributed by atoms with Crippen molar-refractivity contribution >= 4 is 11.7 Å². The molecule has 0 aliphatic heterocycles. The van der Waals surface area contributed by atoms with Gasteiger partial charge in [0.1, 0.15) is 12.4 Å². The Hall–Kier alpha value is -2.76. The fourth-order valence-electron chi connectivity index (χ4n) is 1.71. The van der Waals surface area contributed by atoms with Crippen molar-refractivity contribution < 1.29 is 19.0 Å². The minimum Gasteiger partial charge on any atom is -0.485 e. The van der Waals surface area contributed by atoms with Gasteiger partial charge < -0.3 is 19.9 Å². The number of nitrogens with two attached hydrogens (primary N) is 1. The van der Waals surface area contributed by atoms with E-state index in [4.69, 9.17) is 15.2 Å². The van der Waals surface area contributed by atoms with Crippen LogP contribution in [-0.2, 0) is 11.3 Å². The molecule has 0 atom stereocenters. The van der Waals surface area contributed by atoms with Crippen LogP contribution in [0.3, 0.4) is 0 Å². The van der Waals surface area contributed by atoms with E-state index in [1.807, 2.05) is 12.1 Å². The molecule has 0 saturated heterocycles. The molecule has 2 N–H and O–H groups in total. The van der Waals surface area contributed by atoms with Crippen LogP contribution in [0.2, 0.25) is 0 Å². The molecular formula is C15H16N2O4. The van der Waals surface area contributed by atoms with Crippen LogP contribution in [0, 0.1) is 0 Å². The van der Waals surface area contributed by atoms with E-state index in [9.17, 15) is 4.79 Å². The standard InChI is InChI=1S/C15H16N2O4/c1-19-14-5-3-4-11(17-14)9-21-13-8-10(15(18)20-2)6-7-12(13)16/h3-8H,9,16H2,1-2H3. The van der Waals surface area contributed by atoms with Crippen molar-refractivity contribution in [2.45, 2.75) is 6.61 Å². The zero-order valence-corrected chi connectivity index (χ0v) is 11.8. The van der Waals surface area contributed by atoms with Gasteiger partial charge >= 0.3 is 5.97 Å². The minimum atomic E-state index is -0.445. The third-order valence-corrected chi connectivity index (χ3v) is 2.80. The summed E-state index contributed by atoms with van der Waals surface area (Å²) < 4.78 is 15.3. The van der Waals surface area contributed by atoms with E-state index in [1.165, 1.54) is 7.11 Å². The van der Waals surface area contributed by atoms with Crippen molar-refractivity contribution in [2.75, 3.05) is 20.0 Å². The molecule has 6 heteroatoms. The van der Waals surface area contributed by atoms with Crippen molar-refractivity contribution in [2.24, 2.45) is 0 Å². The Kier molecular flexibility index (Phi) is 4.61. The summed E-state index contributed by atoms with van der Waals surface area (Å²) in [5, 5.41) is 0. The Labute approximate surface area is 122 Å². The Bertz CT molecular complexity index is 643. The largest absolute Gasteiger partial charge is 0.485 e. The highest BCUT2D eigenvalue weighted by Gasteiger charge is 2.10. The lowest BCUT2D eigenvalue weighted by Crippen LogP contribution is -2.05. The molecule has 110 valence electrons. The molecule has 0 bridgehead atoms. The molecule has 0 radical (unpaired) electrons. The second-order valence-electron chi connectivity index (χ2n) is 4.20. The molecule has 1 aromatic carbocycles. The summed E-state index contributed by atoms with van der Waals surface area (Å²) in [5.41, 5.74) is 7.33. The van der Waals surface area contributed by atoms with Crippen LogP contribution >= 0.6 is 0 Å². The molecule has 0 unspecified atom stereocenters. The number of nitrogens with zero attached hydrogens (tertiary/aromatic N) is 1. The van der Waals surface area contributed by atoms with Crippen LogP contribution in [0.4, 0.5) is 5.69 Å². The molecule has 0 amide bonds. The Balaban J connectivity index is 2.13. The summed E-state index contributed by atoms with van der Waals surface area (Å²) in [6.45, 7) is 0.214. The molecule has 0 aliphatic carbocycles. The van der Waals surface area contributed by atoms with Crippen LogP contribution in [0.25, 0.3) is 0 Å². The van der Waals surface area contributed by atoms with Gasteiger partial charge in [-0.3, -0.25) is 0 Å². The quantitative estimate of drug-likeness (QED) is 0.669. The van der Waals surface area contributed by atoms with E-state index >= 15 is 0 Å². The number of methoxy groups -OCH3 is 2. The number of ether oxygens (including phenoxy) is 3. The van der Waals surface area contributed by atoms with Crippen LogP contribution in [0.1, 0.15) is 16.1 Å². The van der Waals surface area contributed by atoms with Crippen molar-refractivity contribution in [3.8, 4) is 11.6 Å². The summed E-state index contributed by atoms with van der Waals surface area (Å²) in [6.07, 6.45) is 0. The normalized spacial score (nSPS) is 10.0. The summed E-state index contributed by atoms with van der Waals surface area (Å²) in [6, 6.07) is 10.1. The summed E-state index contributed by atoms with van der Waals surface area (Å²) in [7, 11) is 2.87. The average Bonchev–Trinajstić information content (AvgIpc) is 2.53. The van der Waals surface area contributed by atoms with Gasteiger partial charge in [0, 0.05) is 6.07 Å².